The number of halogens is 1. The zero-order valence-electron chi connectivity index (χ0n) is 18.5. The lowest BCUT2D eigenvalue weighted by Gasteiger charge is -2.40. The SMILES string of the molecule is CC(C)(C)[C@@H]1[C@@H](NC(=O)[C@@H]2C[C@H]2c2cccc(Br)c2)CCN1C(=O)[C@@H]1CC(=O)NC(=O)N1. The summed E-state index contributed by atoms with van der Waals surface area (Å²) >= 11 is 3.49. The van der Waals surface area contributed by atoms with Gasteiger partial charge < -0.3 is 15.5 Å². The molecule has 8 nitrogen and oxygen atoms in total. The Morgan fingerprint density at radius 2 is 1.97 bits per heavy atom. The number of likely N-dealkylation sites (tertiary alicyclic amines) is 1. The summed E-state index contributed by atoms with van der Waals surface area (Å²) in [6, 6.07) is 6.12. The molecule has 1 aromatic carbocycles. The molecular formula is C23H29BrN4O4. The zero-order chi connectivity index (χ0) is 23.2. The highest BCUT2D eigenvalue weighted by Gasteiger charge is 2.49. The first-order valence-corrected chi connectivity index (χ1v) is 11.8. The Bertz CT molecular complexity index is 944. The topological polar surface area (TPSA) is 108 Å². The van der Waals surface area contributed by atoms with Crippen molar-refractivity contribution in [3.8, 4) is 0 Å². The van der Waals surface area contributed by atoms with E-state index < -0.39 is 18.0 Å². The molecule has 0 bridgehead atoms. The predicted octanol–water partition coefficient (Wildman–Crippen LogP) is 2.28. The molecule has 0 spiro atoms. The Hall–Kier alpha value is -2.42. The molecule has 3 fully saturated rings. The van der Waals surface area contributed by atoms with Crippen molar-refractivity contribution in [2.75, 3.05) is 6.54 Å². The van der Waals surface area contributed by atoms with E-state index in [1.165, 1.54) is 0 Å². The maximum Gasteiger partial charge on any atom is 0.322 e. The molecule has 5 atom stereocenters. The van der Waals surface area contributed by atoms with Crippen molar-refractivity contribution < 1.29 is 19.2 Å². The van der Waals surface area contributed by atoms with Crippen LogP contribution in [-0.4, -0.2) is 53.3 Å². The number of amides is 5. The number of carbonyl (C=O) groups excluding carboxylic acids is 4. The Morgan fingerprint density at radius 3 is 2.62 bits per heavy atom. The van der Waals surface area contributed by atoms with Crippen LogP contribution in [0.15, 0.2) is 28.7 Å². The maximum absolute atomic E-state index is 13.2. The van der Waals surface area contributed by atoms with Crippen LogP contribution in [0.4, 0.5) is 4.79 Å². The van der Waals surface area contributed by atoms with E-state index in [0.29, 0.717) is 13.0 Å². The summed E-state index contributed by atoms with van der Waals surface area (Å²) in [7, 11) is 0. The third-order valence-corrected chi connectivity index (χ3v) is 7.04. The van der Waals surface area contributed by atoms with Crippen LogP contribution in [-0.2, 0) is 14.4 Å². The number of nitrogens with zero attached hydrogens (tertiary/aromatic N) is 1. The first-order valence-electron chi connectivity index (χ1n) is 11.0. The molecule has 4 rings (SSSR count). The van der Waals surface area contributed by atoms with Gasteiger partial charge in [-0.2, -0.15) is 0 Å². The number of imide groups is 1. The summed E-state index contributed by atoms with van der Waals surface area (Å²) in [4.78, 5) is 51.4. The second-order valence-corrected chi connectivity index (χ2v) is 10.9. The number of carbonyl (C=O) groups is 4. The Balaban J connectivity index is 1.44. The van der Waals surface area contributed by atoms with Crippen molar-refractivity contribution >= 4 is 39.7 Å². The molecule has 2 saturated heterocycles. The van der Waals surface area contributed by atoms with E-state index >= 15 is 0 Å². The molecule has 172 valence electrons. The normalized spacial score (nSPS) is 29.9. The molecule has 1 aliphatic carbocycles. The monoisotopic (exact) mass is 504 g/mol. The van der Waals surface area contributed by atoms with Gasteiger partial charge in [0.2, 0.25) is 17.7 Å². The maximum atomic E-state index is 13.2. The van der Waals surface area contributed by atoms with Crippen molar-refractivity contribution in [1.82, 2.24) is 20.9 Å². The first kappa shape index (κ1) is 22.8. The first-order chi connectivity index (χ1) is 15.0. The molecule has 1 aromatic rings. The number of rotatable bonds is 4. The van der Waals surface area contributed by atoms with Gasteiger partial charge in [-0.05, 0) is 41.9 Å². The van der Waals surface area contributed by atoms with Gasteiger partial charge in [0.25, 0.3) is 0 Å². The van der Waals surface area contributed by atoms with Gasteiger partial charge in [0.15, 0.2) is 0 Å². The fourth-order valence-electron chi connectivity index (χ4n) is 5.10. The number of nitrogens with one attached hydrogen (secondary N) is 3. The average molecular weight is 505 g/mol. The van der Waals surface area contributed by atoms with Crippen molar-refractivity contribution in [3.05, 3.63) is 34.3 Å². The van der Waals surface area contributed by atoms with Crippen LogP contribution in [0.1, 0.15) is 51.5 Å². The quantitative estimate of drug-likeness (QED) is 0.584. The number of benzene rings is 1. The molecule has 0 aromatic heterocycles. The van der Waals surface area contributed by atoms with Crippen LogP contribution < -0.4 is 16.0 Å². The van der Waals surface area contributed by atoms with Crippen LogP contribution in [0, 0.1) is 11.3 Å². The third kappa shape index (κ3) is 4.67. The van der Waals surface area contributed by atoms with E-state index in [0.717, 1.165) is 16.5 Å². The van der Waals surface area contributed by atoms with Gasteiger partial charge in [-0.3, -0.25) is 19.7 Å². The summed E-state index contributed by atoms with van der Waals surface area (Å²) in [6.07, 6.45) is 1.38. The summed E-state index contributed by atoms with van der Waals surface area (Å²) < 4.78 is 1.00. The molecule has 1 saturated carbocycles. The minimum absolute atomic E-state index is 0.0221. The summed E-state index contributed by atoms with van der Waals surface area (Å²) in [5, 5.41) is 7.91. The van der Waals surface area contributed by atoms with Gasteiger partial charge in [-0.1, -0.05) is 48.8 Å². The molecule has 0 unspecified atom stereocenters. The molecule has 3 aliphatic rings. The van der Waals surface area contributed by atoms with Crippen LogP contribution in [0.25, 0.3) is 0 Å². The largest absolute Gasteiger partial charge is 0.351 e. The highest BCUT2D eigenvalue weighted by atomic mass is 79.9. The molecular weight excluding hydrogens is 476 g/mol. The zero-order valence-corrected chi connectivity index (χ0v) is 20.1. The van der Waals surface area contributed by atoms with Gasteiger partial charge in [-0.25, -0.2) is 4.79 Å². The van der Waals surface area contributed by atoms with Gasteiger partial charge in [-0.15, -0.1) is 0 Å². The molecule has 32 heavy (non-hydrogen) atoms. The average Bonchev–Trinajstić information content (AvgIpc) is 3.39. The van der Waals surface area contributed by atoms with Gasteiger partial charge in [0.05, 0.1) is 18.5 Å². The van der Waals surface area contributed by atoms with Crippen molar-refractivity contribution in [2.45, 2.75) is 64.1 Å². The summed E-state index contributed by atoms with van der Waals surface area (Å²) in [5.74, 6) is -0.556. The van der Waals surface area contributed by atoms with E-state index in [-0.39, 0.29) is 47.6 Å². The Labute approximate surface area is 196 Å². The smallest absolute Gasteiger partial charge is 0.322 e. The second-order valence-electron chi connectivity index (χ2n) is 10.0. The third-order valence-electron chi connectivity index (χ3n) is 6.55. The van der Waals surface area contributed by atoms with Crippen LogP contribution in [0.2, 0.25) is 0 Å². The highest BCUT2D eigenvalue weighted by molar-refractivity contribution is 9.10. The minimum atomic E-state index is -0.875. The lowest BCUT2D eigenvalue weighted by atomic mass is 9.82. The summed E-state index contributed by atoms with van der Waals surface area (Å²) in [5.41, 5.74) is 0.861. The molecule has 9 heteroatoms. The Morgan fingerprint density at radius 1 is 1.22 bits per heavy atom. The molecule has 0 radical (unpaired) electrons. The summed E-state index contributed by atoms with van der Waals surface area (Å²) in [6.45, 7) is 6.58. The van der Waals surface area contributed by atoms with Gasteiger partial charge in [0, 0.05) is 16.9 Å². The highest BCUT2D eigenvalue weighted by Crippen LogP contribution is 2.48. The van der Waals surface area contributed by atoms with E-state index in [4.69, 9.17) is 0 Å². The van der Waals surface area contributed by atoms with Gasteiger partial charge >= 0.3 is 6.03 Å². The van der Waals surface area contributed by atoms with E-state index in [9.17, 15) is 19.2 Å². The molecule has 2 heterocycles. The van der Waals surface area contributed by atoms with Crippen molar-refractivity contribution in [2.24, 2.45) is 11.3 Å². The van der Waals surface area contributed by atoms with Crippen LogP contribution >= 0.6 is 15.9 Å². The minimum Gasteiger partial charge on any atom is -0.351 e. The number of hydrogen-bond donors (Lipinski definition) is 3. The van der Waals surface area contributed by atoms with E-state index in [2.05, 4.69) is 37.9 Å². The van der Waals surface area contributed by atoms with Crippen LogP contribution in [0.3, 0.4) is 0 Å². The number of hydrogen-bond acceptors (Lipinski definition) is 4. The predicted molar refractivity (Wildman–Crippen MR) is 122 cm³/mol. The Kier molecular flexibility index (Phi) is 6.04. The fraction of sp³-hybridized carbons (Fsp3) is 0.565. The lowest BCUT2D eigenvalue weighted by molar-refractivity contribution is -0.139. The molecule has 3 N–H and O–H groups in total. The second kappa shape index (κ2) is 8.50. The van der Waals surface area contributed by atoms with E-state index in [1.54, 1.807) is 4.90 Å². The van der Waals surface area contributed by atoms with Gasteiger partial charge in [0.1, 0.15) is 6.04 Å². The lowest BCUT2D eigenvalue weighted by Crippen LogP contribution is -2.61. The van der Waals surface area contributed by atoms with Crippen molar-refractivity contribution in [3.63, 3.8) is 0 Å². The van der Waals surface area contributed by atoms with Crippen molar-refractivity contribution in [1.29, 1.82) is 0 Å². The van der Waals surface area contributed by atoms with E-state index in [1.807, 2.05) is 39.0 Å². The standard InChI is InChI=1S/C23H29BrN4O4/c1-23(2,3)19-16(7-8-28(19)21(31)17-11-18(29)27-22(32)26-17)25-20(30)15-10-14(15)12-5-4-6-13(24)9-12/h4-6,9,14-17,19H,7-8,10-11H2,1-3H3,(H,25,30)(H2,26,27,29,32)/t14-,15+,16-,17-,19-/m0/s1. The number of urea groups is 1. The van der Waals surface area contributed by atoms with Crippen LogP contribution in [0.5, 0.6) is 0 Å². The fourth-order valence-corrected chi connectivity index (χ4v) is 5.52. The molecule has 5 amide bonds. The molecule has 2 aliphatic heterocycles.